The van der Waals surface area contributed by atoms with E-state index in [0.717, 1.165) is 5.56 Å². The summed E-state index contributed by atoms with van der Waals surface area (Å²) in [6.45, 7) is 7.97. The van der Waals surface area contributed by atoms with E-state index in [4.69, 9.17) is 9.47 Å². The minimum atomic E-state index is -3.71. The molecule has 0 heterocycles. The van der Waals surface area contributed by atoms with E-state index in [1.54, 1.807) is 13.0 Å². The zero-order chi connectivity index (χ0) is 20.9. The van der Waals surface area contributed by atoms with Gasteiger partial charge in [0.15, 0.2) is 11.5 Å². The van der Waals surface area contributed by atoms with Gasteiger partial charge in [0.05, 0.1) is 19.1 Å². The quantitative estimate of drug-likeness (QED) is 0.667. The van der Waals surface area contributed by atoms with Crippen LogP contribution in [-0.4, -0.2) is 34.7 Å². The minimum Gasteiger partial charge on any atom is -0.493 e. The van der Waals surface area contributed by atoms with Crippen LogP contribution in [0, 0.1) is 6.92 Å². The van der Waals surface area contributed by atoms with Gasteiger partial charge in [-0.2, -0.15) is 0 Å². The van der Waals surface area contributed by atoms with Crippen molar-refractivity contribution in [3.05, 3.63) is 53.6 Å². The van der Waals surface area contributed by atoms with Gasteiger partial charge in [0.1, 0.15) is 0 Å². The maximum Gasteiger partial charge on any atom is 0.241 e. The Morgan fingerprint density at radius 2 is 1.61 bits per heavy atom. The Hall–Kier alpha value is -2.09. The Labute approximate surface area is 168 Å². The van der Waals surface area contributed by atoms with Gasteiger partial charge in [-0.15, -0.1) is 0 Å². The fraction of sp³-hybridized carbons (Fsp3) is 0.429. The first-order chi connectivity index (χ1) is 13.1. The molecule has 0 fully saturated rings. The van der Waals surface area contributed by atoms with Crippen molar-refractivity contribution in [2.45, 2.75) is 44.2 Å². The molecule has 0 aliphatic heterocycles. The third-order valence-corrected chi connectivity index (χ3v) is 6.12. The molecule has 0 saturated carbocycles. The van der Waals surface area contributed by atoms with Crippen molar-refractivity contribution in [1.29, 1.82) is 0 Å². The highest BCUT2D eigenvalue weighted by Gasteiger charge is 2.26. The summed E-state index contributed by atoms with van der Waals surface area (Å²) >= 11 is 0. The summed E-state index contributed by atoms with van der Waals surface area (Å²) in [5, 5.41) is 3.48. The zero-order valence-corrected chi connectivity index (χ0v) is 18.2. The Morgan fingerprint density at radius 1 is 1.04 bits per heavy atom. The molecule has 1 atom stereocenters. The molecular weight excluding hydrogens is 376 g/mol. The fourth-order valence-electron chi connectivity index (χ4n) is 3.07. The number of sulfonamides is 1. The van der Waals surface area contributed by atoms with Crippen LogP contribution in [0.1, 0.15) is 37.9 Å². The van der Waals surface area contributed by atoms with Gasteiger partial charge in [-0.25, -0.2) is 13.1 Å². The second-order valence-corrected chi connectivity index (χ2v) is 9.19. The summed E-state index contributed by atoms with van der Waals surface area (Å²) in [7, 11) is -0.707. The summed E-state index contributed by atoms with van der Waals surface area (Å²) in [5.41, 5.74) is 1.29. The van der Waals surface area contributed by atoms with Crippen LogP contribution < -0.4 is 19.5 Å². The van der Waals surface area contributed by atoms with Crippen LogP contribution in [0.2, 0.25) is 0 Å². The molecule has 0 aliphatic carbocycles. The van der Waals surface area contributed by atoms with Crippen molar-refractivity contribution < 1.29 is 17.9 Å². The Balaban J connectivity index is 2.14. The highest BCUT2D eigenvalue weighted by atomic mass is 32.2. The topological polar surface area (TPSA) is 76.7 Å². The first-order valence-corrected chi connectivity index (χ1v) is 10.6. The molecule has 2 rings (SSSR count). The molecule has 0 bridgehead atoms. The average molecular weight is 407 g/mol. The molecule has 0 radical (unpaired) electrons. The predicted molar refractivity (Wildman–Crippen MR) is 112 cm³/mol. The van der Waals surface area contributed by atoms with E-state index in [9.17, 15) is 8.42 Å². The number of benzene rings is 2. The van der Waals surface area contributed by atoms with Gasteiger partial charge in [-0.1, -0.05) is 30.3 Å². The summed E-state index contributed by atoms with van der Waals surface area (Å²) in [4.78, 5) is 0.178. The summed E-state index contributed by atoms with van der Waals surface area (Å²) < 4.78 is 39.0. The van der Waals surface area contributed by atoms with Gasteiger partial charge in [-0.3, -0.25) is 0 Å². The van der Waals surface area contributed by atoms with Gasteiger partial charge in [0.25, 0.3) is 0 Å². The lowest BCUT2D eigenvalue weighted by Gasteiger charge is -2.31. The highest BCUT2D eigenvalue weighted by Crippen LogP contribution is 2.32. The largest absolute Gasteiger partial charge is 0.493 e. The molecule has 7 heteroatoms. The third kappa shape index (κ3) is 5.47. The lowest BCUT2D eigenvalue weighted by Crippen LogP contribution is -2.49. The molecule has 2 aromatic carbocycles. The molecule has 0 aromatic heterocycles. The SMILES string of the molecule is COc1cc(C)c(S(=O)(=O)NCC(C)(C)NC(C)c2ccccc2)cc1OC. The van der Waals surface area contributed by atoms with E-state index in [0.29, 0.717) is 17.1 Å². The number of methoxy groups -OCH3 is 2. The number of rotatable bonds is 9. The van der Waals surface area contributed by atoms with Crippen molar-refractivity contribution in [2.24, 2.45) is 0 Å². The first kappa shape index (κ1) is 22.2. The number of ether oxygens (including phenoxy) is 2. The molecule has 154 valence electrons. The molecule has 2 aromatic rings. The second-order valence-electron chi connectivity index (χ2n) is 7.46. The van der Waals surface area contributed by atoms with E-state index in [2.05, 4.69) is 17.0 Å². The Bertz CT molecular complexity index is 896. The van der Waals surface area contributed by atoms with Crippen LogP contribution in [0.3, 0.4) is 0 Å². The number of hydrogen-bond acceptors (Lipinski definition) is 5. The van der Waals surface area contributed by atoms with E-state index in [-0.39, 0.29) is 17.5 Å². The van der Waals surface area contributed by atoms with Crippen molar-refractivity contribution in [2.75, 3.05) is 20.8 Å². The standard InChI is InChI=1S/C21H30N2O4S/c1-15-12-18(26-5)19(27-6)13-20(15)28(24,25)22-14-21(3,4)23-16(2)17-10-8-7-9-11-17/h7-13,16,22-23H,14H2,1-6H3. The van der Waals surface area contributed by atoms with Crippen LogP contribution in [0.15, 0.2) is 47.4 Å². The molecule has 0 saturated heterocycles. The molecule has 28 heavy (non-hydrogen) atoms. The summed E-state index contributed by atoms with van der Waals surface area (Å²) in [6, 6.07) is 13.3. The summed E-state index contributed by atoms with van der Waals surface area (Å²) in [6.07, 6.45) is 0. The zero-order valence-electron chi connectivity index (χ0n) is 17.4. The van der Waals surface area contributed by atoms with Crippen molar-refractivity contribution >= 4 is 10.0 Å². The smallest absolute Gasteiger partial charge is 0.241 e. The third-order valence-electron chi connectivity index (χ3n) is 4.58. The molecule has 0 spiro atoms. The molecule has 0 aliphatic rings. The van der Waals surface area contributed by atoms with E-state index < -0.39 is 15.6 Å². The van der Waals surface area contributed by atoms with Crippen LogP contribution in [0.4, 0.5) is 0 Å². The molecule has 1 unspecified atom stereocenters. The van der Waals surface area contributed by atoms with Gasteiger partial charge in [0, 0.05) is 24.2 Å². The van der Waals surface area contributed by atoms with Gasteiger partial charge >= 0.3 is 0 Å². The molecular formula is C21H30N2O4S. The number of hydrogen-bond donors (Lipinski definition) is 2. The fourth-order valence-corrected chi connectivity index (χ4v) is 4.52. The van der Waals surface area contributed by atoms with E-state index in [1.807, 2.05) is 44.2 Å². The predicted octanol–water partition coefficient (Wildman–Crippen LogP) is 3.42. The second kappa shape index (κ2) is 8.94. The Morgan fingerprint density at radius 3 is 2.18 bits per heavy atom. The average Bonchev–Trinajstić information content (AvgIpc) is 2.66. The number of nitrogens with one attached hydrogen (secondary N) is 2. The van der Waals surface area contributed by atoms with Crippen molar-refractivity contribution in [3.63, 3.8) is 0 Å². The van der Waals surface area contributed by atoms with Crippen LogP contribution in [0.25, 0.3) is 0 Å². The first-order valence-electron chi connectivity index (χ1n) is 9.14. The van der Waals surface area contributed by atoms with Gasteiger partial charge in [0.2, 0.25) is 10.0 Å². The van der Waals surface area contributed by atoms with Gasteiger partial charge in [-0.05, 0) is 44.9 Å². The highest BCUT2D eigenvalue weighted by molar-refractivity contribution is 7.89. The lowest BCUT2D eigenvalue weighted by atomic mass is 10.0. The monoisotopic (exact) mass is 406 g/mol. The van der Waals surface area contributed by atoms with E-state index >= 15 is 0 Å². The van der Waals surface area contributed by atoms with Crippen LogP contribution in [0.5, 0.6) is 11.5 Å². The summed E-state index contributed by atoms with van der Waals surface area (Å²) in [5.74, 6) is 0.876. The molecule has 2 N–H and O–H groups in total. The number of aryl methyl sites for hydroxylation is 1. The maximum atomic E-state index is 12.9. The maximum absolute atomic E-state index is 12.9. The van der Waals surface area contributed by atoms with Gasteiger partial charge < -0.3 is 14.8 Å². The van der Waals surface area contributed by atoms with Crippen LogP contribution >= 0.6 is 0 Å². The molecule has 0 amide bonds. The van der Waals surface area contributed by atoms with E-state index in [1.165, 1.54) is 20.3 Å². The van der Waals surface area contributed by atoms with Crippen LogP contribution in [-0.2, 0) is 10.0 Å². The van der Waals surface area contributed by atoms with Crippen molar-refractivity contribution in [3.8, 4) is 11.5 Å². The van der Waals surface area contributed by atoms with Crippen molar-refractivity contribution in [1.82, 2.24) is 10.0 Å². The Kier molecular flexibility index (Phi) is 7.09. The lowest BCUT2D eigenvalue weighted by molar-refractivity contribution is 0.346. The minimum absolute atomic E-state index is 0.0866. The molecule has 6 nitrogen and oxygen atoms in total. The normalized spacial score (nSPS) is 13.2.